The van der Waals surface area contributed by atoms with E-state index in [1.807, 2.05) is 30.3 Å². The lowest BCUT2D eigenvalue weighted by atomic mass is 10.1. The highest BCUT2D eigenvalue weighted by Gasteiger charge is 2.23. The summed E-state index contributed by atoms with van der Waals surface area (Å²) in [6.45, 7) is 3.42. The third kappa shape index (κ3) is 6.25. The number of nitrogens with one attached hydrogen (secondary N) is 3. The second kappa shape index (κ2) is 10.2. The van der Waals surface area contributed by atoms with Crippen LogP contribution in [0.2, 0.25) is 0 Å². The van der Waals surface area contributed by atoms with E-state index in [9.17, 15) is 18.4 Å². The quantitative estimate of drug-likeness (QED) is 0.676. The van der Waals surface area contributed by atoms with Crippen LogP contribution in [0, 0.1) is 11.6 Å². The van der Waals surface area contributed by atoms with E-state index in [0.29, 0.717) is 25.2 Å². The first-order valence-corrected chi connectivity index (χ1v) is 10.00. The van der Waals surface area contributed by atoms with E-state index in [4.69, 9.17) is 0 Å². The smallest absolute Gasteiger partial charge is 0.315 e. The highest BCUT2D eigenvalue weighted by Crippen LogP contribution is 2.16. The molecule has 0 aromatic heterocycles. The molecule has 1 aliphatic heterocycles. The number of hydrogen-bond acceptors (Lipinski definition) is 3. The Morgan fingerprint density at radius 3 is 2.43 bits per heavy atom. The molecule has 3 N–H and O–H groups in total. The Balaban J connectivity index is 1.39. The van der Waals surface area contributed by atoms with Crippen molar-refractivity contribution in [2.45, 2.75) is 31.8 Å². The predicted molar refractivity (Wildman–Crippen MR) is 111 cm³/mol. The minimum absolute atomic E-state index is 0.00408. The standard InChI is InChI=1S/C22H26F2N4O2/c1-15(16-7-8-19(23)20(24)13-16)25-22(30)27-18-9-11-28(12-10-18)14-21(29)26-17-5-3-2-4-6-17/h2-8,13,15,18H,9-12,14H2,1H3,(H,26,29)(H2,25,27,30). The molecule has 1 heterocycles. The van der Waals surface area contributed by atoms with Gasteiger partial charge >= 0.3 is 6.03 Å². The van der Waals surface area contributed by atoms with Crippen molar-refractivity contribution in [1.82, 2.24) is 15.5 Å². The number of carbonyl (C=O) groups excluding carboxylic acids is 2. The maximum atomic E-state index is 13.4. The number of para-hydroxylation sites is 1. The van der Waals surface area contributed by atoms with Gasteiger partial charge in [0.15, 0.2) is 11.6 Å². The van der Waals surface area contributed by atoms with Gasteiger partial charge in [-0.15, -0.1) is 0 Å². The van der Waals surface area contributed by atoms with Gasteiger partial charge in [-0.1, -0.05) is 24.3 Å². The molecule has 0 aliphatic carbocycles. The molecule has 0 radical (unpaired) electrons. The Morgan fingerprint density at radius 2 is 1.77 bits per heavy atom. The number of urea groups is 1. The summed E-state index contributed by atoms with van der Waals surface area (Å²) in [6, 6.07) is 12.1. The van der Waals surface area contributed by atoms with E-state index in [0.717, 1.165) is 30.7 Å². The van der Waals surface area contributed by atoms with E-state index in [1.165, 1.54) is 6.07 Å². The van der Waals surface area contributed by atoms with Gasteiger partial charge in [0.2, 0.25) is 5.91 Å². The molecule has 160 valence electrons. The summed E-state index contributed by atoms with van der Waals surface area (Å²) >= 11 is 0. The number of halogens is 2. The molecule has 2 aromatic rings. The van der Waals surface area contributed by atoms with Crippen molar-refractivity contribution in [2.24, 2.45) is 0 Å². The van der Waals surface area contributed by atoms with E-state index < -0.39 is 17.7 Å². The predicted octanol–water partition coefficient (Wildman–Crippen LogP) is 3.43. The third-order valence-electron chi connectivity index (χ3n) is 5.14. The fourth-order valence-corrected chi connectivity index (χ4v) is 3.45. The van der Waals surface area contributed by atoms with Crippen molar-refractivity contribution in [2.75, 3.05) is 25.0 Å². The molecule has 0 saturated carbocycles. The zero-order valence-electron chi connectivity index (χ0n) is 16.8. The number of carbonyl (C=O) groups is 2. The Hall–Kier alpha value is -3.00. The number of hydrogen-bond donors (Lipinski definition) is 3. The molecule has 1 aliphatic rings. The minimum atomic E-state index is -0.940. The second-order valence-electron chi connectivity index (χ2n) is 7.48. The molecule has 2 aromatic carbocycles. The molecule has 1 unspecified atom stereocenters. The van der Waals surface area contributed by atoms with Crippen LogP contribution >= 0.6 is 0 Å². The Labute approximate surface area is 174 Å². The van der Waals surface area contributed by atoms with Gasteiger partial charge in [-0.2, -0.15) is 0 Å². The Morgan fingerprint density at radius 1 is 1.07 bits per heavy atom. The van der Waals surface area contributed by atoms with Crippen molar-refractivity contribution in [3.63, 3.8) is 0 Å². The fourth-order valence-electron chi connectivity index (χ4n) is 3.45. The number of nitrogens with zero attached hydrogens (tertiary/aromatic N) is 1. The maximum absolute atomic E-state index is 13.4. The number of benzene rings is 2. The van der Waals surface area contributed by atoms with Crippen LogP contribution in [0.25, 0.3) is 0 Å². The molecule has 8 heteroatoms. The second-order valence-corrected chi connectivity index (χ2v) is 7.48. The zero-order chi connectivity index (χ0) is 21.5. The summed E-state index contributed by atoms with van der Waals surface area (Å²) in [5, 5.41) is 8.52. The van der Waals surface area contributed by atoms with Crippen LogP contribution in [0.4, 0.5) is 19.3 Å². The lowest BCUT2D eigenvalue weighted by Gasteiger charge is -2.32. The van der Waals surface area contributed by atoms with Crippen molar-refractivity contribution >= 4 is 17.6 Å². The van der Waals surface area contributed by atoms with Crippen LogP contribution in [-0.2, 0) is 4.79 Å². The van der Waals surface area contributed by atoms with Gasteiger partial charge in [-0.25, -0.2) is 13.6 Å². The highest BCUT2D eigenvalue weighted by molar-refractivity contribution is 5.92. The Bertz CT molecular complexity index is 871. The molecule has 1 saturated heterocycles. The summed E-state index contributed by atoms with van der Waals surface area (Å²) in [7, 11) is 0. The van der Waals surface area contributed by atoms with Crippen molar-refractivity contribution < 1.29 is 18.4 Å². The van der Waals surface area contributed by atoms with Gasteiger partial charge in [0.1, 0.15) is 0 Å². The summed E-state index contributed by atoms with van der Waals surface area (Å²) < 4.78 is 26.4. The number of anilines is 1. The lowest BCUT2D eigenvalue weighted by molar-refractivity contribution is -0.117. The monoisotopic (exact) mass is 416 g/mol. The van der Waals surface area contributed by atoms with Crippen LogP contribution in [0.3, 0.4) is 0 Å². The average Bonchev–Trinajstić information content (AvgIpc) is 2.72. The topological polar surface area (TPSA) is 73.5 Å². The third-order valence-corrected chi connectivity index (χ3v) is 5.14. The van der Waals surface area contributed by atoms with E-state index >= 15 is 0 Å². The molecule has 1 atom stereocenters. The van der Waals surface area contributed by atoms with Gasteiger partial charge in [0, 0.05) is 24.8 Å². The molecule has 0 spiro atoms. The molecule has 6 nitrogen and oxygen atoms in total. The van der Waals surface area contributed by atoms with Crippen molar-refractivity contribution in [3.05, 3.63) is 65.7 Å². The molecule has 30 heavy (non-hydrogen) atoms. The fraction of sp³-hybridized carbons (Fsp3) is 0.364. The SMILES string of the molecule is CC(NC(=O)NC1CCN(CC(=O)Nc2ccccc2)CC1)c1ccc(F)c(F)c1. The van der Waals surface area contributed by atoms with E-state index in [-0.39, 0.29) is 18.0 Å². The molecule has 0 bridgehead atoms. The average molecular weight is 416 g/mol. The summed E-state index contributed by atoms with van der Waals surface area (Å²) in [5.74, 6) is -1.92. The number of amides is 3. The van der Waals surface area contributed by atoms with Crippen molar-refractivity contribution in [3.8, 4) is 0 Å². The maximum Gasteiger partial charge on any atom is 0.315 e. The first-order chi connectivity index (χ1) is 14.4. The first kappa shape index (κ1) is 21.7. The van der Waals surface area contributed by atoms with Gasteiger partial charge in [0.25, 0.3) is 0 Å². The summed E-state index contributed by atoms with van der Waals surface area (Å²) in [6.07, 6.45) is 1.46. The highest BCUT2D eigenvalue weighted by atomic mass is 19.2. The van der Waals surface area contributed by atoms with Crippen molar-refractivity contribution in [1.29, 1.82) is 0 Å². The minimum Gasteiger partial charge on any atom is -0.335 e. The number of likely N-dealkylation sites (tertiary alicyclic amines) is 1. The van der Waals surface area contributed by atoms with E-state index in [1.54, 1.807) is 6.92 Å². The molecule has 3 amide bonds. The number of piperidine rings is 1. The summed E-state index contributed by atoms with van der Waals surface area (Å²) in [4.78, 5) is 26.5. The van der Waals surface area contributed by atoms with Crippen LogP contribution in [0.5, 0.6) is 0 Å². The van der Waals surface area contributed by atoms with Crippen LogP contribution in [0.15, 0.2) is 48.5 Å². The summed E-state index contributed by atoms with van der Waals surface area (Å²) in [5.41, 5.74) is 1.26. The zero-order valence-corrected chi connectivity index (χ0v) is 16.8. The molecular formula is C22H26F2N4O2. The van der Waals surface area contributed by atoms with Crippen LogP contribution in [0.1, 0.15) is 31.4 Å². The largest absolute Gasteiger partial charge is 0.335 e. The molecule has 3 rings (SSSR count). The lowest BCUT2D eigenvalue weighted by Crippen LogP contribution is -2.49. The number of rotatable bonds is 6. The van der Waals surface area contributed by atoms with Gasteiger partial charge in [-0.3, -0.25) is 9.69 Å². The first-order valence-electron chi connectivity index (χ1n) is 10.00. The Kier molecular flexibility index (Phi) is 7.35. The molecular weight excluding hydrogens is 390 g/mol. The van der Waals surface area contributed by atoms with Crippen LogP contribution in [-0.4, -0.2) is 42.5 Å². The normalized spacial score (nSPS) is 16.0. The van der Waals surface area contributed by atoms with Gasteiger partial charge in [-0.05, 0) is 49.6 Å². The van der Waals surface area contributed by atoms with E-state index in [2.05, 4.69) is 20.9 Å². The molecule has 1 fully saturated rings. The van der Waals surface area contributed by atoms with Crippen LogP contribution < -0.4 is 16.0 Å². The van der Waals surface area contributed by atoms with Gasteiger partial charge < -0.3 is 16.0 Å². The van der Waals surface area contributed by atoms with Gasteiger partial charge in [0.05, 0.1) is 12.6 Å².